The molecule has 0 heterocycles. The maximum atomic E-state index is 11.7. The Labute approximate surface area is 97.9 Å². The topological polar surface area (TPSA) is 38.3 Å². The van der Waals surface area contributed by atoms with Crippen molar-refractivity contribution in [1.29, 1.82) is 0 Å². The van der Waals surface area contributed by atoms with Gasteiger partial charge in [-0.05, 0) is 47.6 Å². The molecule has 0 radical (unpaired) electrons. The van der Waals surface area contributed by atoms with E-state index in [-0.39, 0.29) is 5.78 Å². The zero-order valence-electron chi connectivity index (χ0n) is 9.06. The number of likely N-dealkylation sites (N-methyl/N-ethyl adjacent to an activating group) is 1. The summed E-state index contributed by atoms with van der Waals surface area (Å²) in [6.07, 6.45) is 0. The van der Waals surface area contributed by atoms with E-state index in [0.717, 1.165) is 21.3 Å². The Bertz CT molecular complexity index is 377. The fraction of sp³-hybridized carbons (Fsp3) is 0.364. The van der Waals surface area contributed by atoms with Gasteiger partial charge in [0.2, 0.25) is 0 Å². The van der Waals surface area contributed by atoms with Crippen molar-refractivity contribution in [3.8, 4) is 5.75 Å². The van der Waals surface area contributed by atoms with Gasteiger partial charge in [0.1, 0.15) is 5.75 Å². The van der Waals surface area contributed by atoms with Crippen LogP contribution >= 0.6 is 15.9 Å². The number of carbonyl (C=O) groups is 1. The molecule has 0 spiro atoms. The molecule has 0 saturated carbocycles. The molecular formula is C11H14BrNO2. The van der Waals surface area contributed by atoms with E-state index in [2.05, 4.69) is 21.2 Å². The van der Waals surface area contributed by atoms with E-state index in [9.17, 15) is 4.79 Å². The molecule has 3 nitrogen and oxygen atoms in total. The molecule has 0 aliphatic heterocycles. The van der Waals surface area contributed by atoms with Gasteiger partial charge in [-0.3, -0.25) is 4.79 Å². The molecule has 0 bridgehead atoms. The number of ketones is 1. The number of aryl methyl sites for hydroxylation is 1. The molecule has 0 saturated heterocycles. The van der Waals surface area contributed by atoms with Crippen molar-refractivity contribution < 1.29 is 9.53 Å². The molecule has 0 aliphatic carbocycles. The number of ether oxygens (including phenoxy) is 1. The monoisotopic (exact) mass is 271 g/mol. The fourth-order valence-corrected chi connectivity index (χ4v) is 1.87. The number of carbonyl (C=O) groups excluding carboxylic acids is 1. The van der Waals surface area contributed by atoms with Gasteiger partial charge in [-0.2, -0.15) is 0 Å². The zero-order chi connectivity index (χ0) is 11.4. The van der Waals surface area contributed by atoms with Gasteiger partial charge in [-0.1, -0.05) is 0 Å². The Balaban J connectivity index is 3.10. The van der Waals surface area contributed by atoms with E-state index in [1.807, 2.05) is 13.0 Å². The molecule has 1 N–H and O–H groups in total. The number of hydrogen-bond donors (Lipinski definition) is 1. The Morgan fingerprint density at radius 3 is 2.73 bits per heavy atom. The molecule has 1 aromatic carbocycles. The summed E-state index contributed by atoms with van der Waals surface area (Å²) in [5.74, 6) is 0.826. The van der Waals surface area contributed by atoms with Crippen molar-refractivity contribution in [2.24, 2.45) is 0 Å². The second-order valence-electron chi connectivity index (χ2n) is 3.26. The van der Waals surface area contributed by atoms with E-state index < -0.39 is 0 Å². The molecule has 0 aliphatic rings. The lowest BCUT2D eigenvalue weighted by Gasteiger charge is -2.09. The number of halogens is 1. The van der Waals surface area contributed by atoms with Crippen LogP contribution in [0.4, 0.5) is 0 Å². The average molecular weight is 272 g/mol. The first-order valence-corrected chi connectivity index (χ1v) is 5.41. The molecule has 1 rings (SSSR count). The summed E-state index contributed by atoms with van der Waals surface area (Å²) < 4.78 is 5.95. The van der Waals surface area contributed by atoms with E-state index in [1.165, 1.54) is 0 Å². The third kappa shape index (κ3) is 2.79. The fourth-order valence-electron chi connectivity index (χ4n) is 1.37. The Morgan fingerprint density at radius 1 is 1.53 bits per heavy atom. The van der Waals surface area contributed by atoms with Gasteiger partial charge >= 0.3 is 0 Å². The summed E-state index contributed by atoms with van der Waals surface area (Å²) in [4.78, 5) is 11.7. The van der Waals surface area contributed by atoms with Crippen LogP contribution in [0.2, 0.25) is 0 Å². The maximum absolute atomic E-state index is 11.7. The van der Waals surface area contributed by atoms with Crippen LogP contribution in [0.5, 0.6) is 5.75 Å². The van der Waals surface area contributed by atoms with Crippen LogP contribution in [0.1, 0.15) is 15.9 Å². The second-order valence-corrected chi connectivity index (χ2v) is 4.11. The first-order chi connectivity index (χ1) is 7.10. The molecule has 0 unspecified atom stereocenters. The summed E-state index contributed by atoms with van der Waals surface area (Å²) in [6, 6.07) is 3.65. The summed E-state index contributed by atoms with van der Waals surface area (Å²) >= 11 is 3.36. The quantitative estimate of drug-likeness (QED) is 0.854. The lowest BCUT2D eigenvalue weighted by atomic mass is 10.0. The van der Waals surface area contributed by atoms with Crippen molar-refractivity contribution >= 4 is 21.7 Å². The highest BCUT2D eigenvalue weighted by Gasteiger charge is 2.11. The number of Topliss-reactive ketones (excluding diaryl/α,β-unsaturated/α-hetero) is 1. The molecule has 4 heteroatoms. The summed E-state index contributed by atoms with van der Waals surface area (Å²) in [5, 5.41) is 2.85. The SMILES string of the molecule is CNCC(=O)c1cc(Br)c(OC)cc1C. The van der Waals surface area contributed by atoms with Gasteiger partial charge < -0.3 is 10.1 Å². The Hall–Kier alpha value is -0.870. The zero-order valence-corrected chi connectivity index (χ0v) is 10.6. The van der Waals surface area contributed by atoms with Crippen LogP contribution in [-0.2, 0) is 0 Å². The van der Waals surface area contributed by atoms with Gasteiger partial charge in [-0.15, -0.1) is 0 Å². The minimum Gasteiger partial charge on any atom is -0.496 e. The van der Waals surface area contributed by atoms with E-state index in [1.54, 1.807) is 20.2 Å². The number of rotatable bonds is 4. The van der Waals surface area contributed by atoms with Gasteiger partial charge in [-0.25, -0.2) is 0 Å². The average Bonchev–Trinajstić information content (AvgIpc) is 2.21. The first kappa shape index (κ1) is 12.2. The highest BCUT2D eigenvalue weighted by molar-refractivity contribution is 9.10. The second kappa shape index (κ2) is 5.28. The highest BCUT2D eigenvalue weighted by atomic mass is 79.9. The molecule has 82 valence electrons. The van der Waals surface area contributed by atoms with Crippen molar-refractivity contribution in [2.45, 2.75) is 6.92 Å². The Kier molecular flexibility index (Phi) is 4.29. The summed E-state index contributed by atoms with van der Waals surface area (Å²) in [6.45, 7) is 2.25. The van der Waals surface area contributed by atoms with Crippen LogP contribution in [0.3, 0.4) is 0 Å². The van der Waals surface area contributed by atoms with Crippen molar-refractivity contribution in [3.05, 3.63) is 27.7 Å². The van der Waals surface area contributed by atoms with E-state index in [4.69, 9.17) is 4.74 Å². The van der Waals surface area contributed by atoms with Gasteiger partial charge in [0, 0.05) is 5.56 Å². The third-order valence-electron chi connectivity index (χ3n) is 2.14. The smallest absolute Gasteiger partial charge is 0.176 e. The van der Waals surface area contributed by atoms with Crippen molar-refractivity contribution in [3.63, 3.8) is 0 Å². The molecule has 0 amide bonds. The van der Waals surface area contributed by atoms with Crippen LogP contribution < -0.4 is 10.1 Å². The van der Waals surface area contributed by atoms with Gasteiger partial charge in [0.15, 0.2) is 5.78 Å². The largest absolute Gasteiger partial charge is 0.496 e. The van der Waals surface area contributed by atoms with E-state index >= 15 is 0 Å². The maximum Gasteiger partial charge on any atom is 0.176 e. The lowest BCUT2D eigenvalue weighted by molar-refractivity contribution is 0.0993. The molecule has 0 aromatic heterocycles. The minimum atomic E-state index is 0.0818. The number of methoxy groups -OCH3 is 1. The van der Waals surface area contributed by atoms with Crippen molar-refractivity contribution in [2.75, 3.05) is 20.7 Å². The first-order valence-electron chi connectivity index (χ1n) is 4.62. The van der Waals surface area contributed by atoms with Gasteiger partial charge in [0.25, 0.3) is 0 Å². The molecule has 0 atom stereocenters. The standard InChI is InChI=1S/C11H14BrNO2/c1-7-4-11(15-3)9(12)5-8(7)10(14)6-13-2/h4-5,13H,6H2,1-3H3. The van der Waals surface area contributed by atoms with Crippen LogP contribution in [0.15, 0.2) is 16.6 Å². The summed E-state index contributed by atoms with van der Waals surface area (Å²) in [5.41, 5.74) is 1.65. The third-order valence-corrected chi connectivity index (χ3v) is 2.76. The predicted octanol–water partition coefficient (Wildman–Crippen LogP) is 2.17. The van der Waals surface area contributed by atoms with Crippen LogP contribution in [0, 0.1) is 6.92 Å². The predicted molar refractivity (Wildman–Crippen MR) is 63.7 cm³/mol. The molecule has 15 heavy (non-hydrogen) atoms. The molecular weight excluding hydrogens is 258 g/mol. The molecule has 1 aromatic rings. The summed E-state index contributed by atoms with van der Waals surface area (Å²) in [7, 11) is 3.36. The minimum absolute atomic E-state index is 0.0818. The van der Waals surface area contributed by atoms with Gasteiger partial charge in [0.05, 0.1) is 18.1 Å². The highest BCUT2D eigenvalue weighted by Crippen LogP contribution is 2.28. The van der Waals surface area contributed by atoms with Crippen molar-refractivity contribution in [1.82, 2.24) is 5.32 Å². The van der Waals surface area contributed by atoms with Crippen LogP contribution in [-0.4, -0.2) is 26.5 Å². The number of nitrogens with one attached hydrogen (secondary N) is 1. The normalized spacial score (nSPS) is 10.1. The Morgan fingerprint density at radius 2 is 2.20 bits per heavy atom. The lowest BCUT2D eigenvalue weighted by Crippen LogP contribution is -2.19. The molecule has 0 fully saturated rings. The number of hydrogen-bond acceptors (Lipinski definition) is 3. The number of benzene rings is 1. The van der Waals surface area contributed by atoms with E-state index in [0.29, 0.717) is 6.54 Å². The van der Waals surface area contributed by atoms with Crippen LogP contribution in [0.25, 0.3) is 0 Å².